The molecule has 1 aromatic carbocycles. The third-order valence-corrected chi connectivity index (χ3v) is 4.40. The zero-order valence-corrected chi connectivity index (χ0v) is 13.7. The Morgan fingerprint density at radius 3 is 2.96 bits per heavy atom. The van der Waals surface area contributed by atoms with Crippen molar-refractivity contribution in [1.29, 1.82) is 0 Å². The van der Waals surface area contributed by atoms with Crippen LogP contribution in [0.5, 0.6) is 0 Å². The quantitative estimate of drug-likeness (QED) is 0.775. The highest BCUT2D eigenvalue weighted by Gasteiger charge is 2.27. The highest BCUT2D eigenvalue weighted by Crippen LogP contribution is 2.23. The van der Waals surface area contributed by atoms with E-state index in [0.717, 1.165) is 17.7 Å². The van der Waals surface area contributed by atoms with Crippen LogP contribution in [-0.4, -0.2) is 48.4 Å². The van der Waals surface area contributed by atoms with Crippen molar-refractivity contribution in [2.24, 2.45) is 0 Å². The number of likely N-dealkylation sites (tertiary alicyclic amines) is 1. The number of aryl methyl sites for hydroxylation is 1. The summed E-state index contributed by atoms with van der Waals surface area (Å²) in [7, 11) is 0. The van der Waals surface area contributed by atoms with Crippen LogP contribution in [0.2, 0.25) is 0 Å². The van der Waals surface area contributed by atoms with Crippen LogP contribution in [-0.2, 0) is 11.2 Å². The summed E-state index contributed by atoms with van der Waals surface area (Å²) in [6, 6.07) is 5.21. The first kappa shape index (κ1) is 16.3. The van der Waals surface area contributed by atoms with Gasteiger partial charge in [-0.2, -0.15) is 0 Å². The molecule has 2 heterocycles. The Kier molecular flexibility index (Phi) is 4.69. The Hall–Kier alpha value is -2.57. The summed E-state index contributed by atoms with van der Waals surface area (Å²) >= 11 is 0. The SMILES string of the molecule is CCNC(=O)N1CCC(NC(=O)c2ccc3c(c2)CCC(=O)N3)C1. The molecular formula is C17H22N4O3. The molecule has 7 heteroatoms. The normalized spacial score (nSPS) is 19.5. The van der Waals surface area contributed by atoms with Crippen molar-refractivity contribution in [3.05, 3.63) is 29.3 Å². The summed E-state index contributed by atoms with van der Waals surface area (Å²) in [6.07, 6.45) is 1.85. The molecule has 2 aliphatic rings. The van der Waals surface area contributed by atoms with Gasteiger partial charge in [0.2, 0.25) is 5.91 Å². The fourth-order valence-corrected chi connectivity index (χ4v) is 3.12. The van der Waals surface area contributed by atoms with Crippen molar-refractivity contribution in [2.45, 2.75) is 32.2 Å². The third kappa shape index (κ3) is 3.50. The van der Waals surface area contributed by atoms with Gasteiger partial charge in [0.05, 0.1) is 0 Å². The Bertz CT molecular complexity index is 674. The number of benzene rings is 1. The maximum absolute atomic E-state index is 12.4. The maximum Gasteiger partial charge on any atom is 0.317 e. The first-order valence-electron chi connectivity index (χ1n) is 8.33. The van der Waals surface area contributed by atoms with Crippen LogP contribution in [0.4, 0.5) is 10.5 Å². The lowest BCUT2D eigenvalue weighted by molar-refractivity contribution is -0.116. The number of hydrogen-bond donors (Lipinski definition) is 3. The Balaban J connectivity index is 1.60. The van der Waals surface area contributed by atoms with Gasteiger partial charge in [-0.05, 0) is 43.5 Å². The van der Waals surface area contributed by atoms with Crippen LogP contribution in [0.15, 0.2) is 18.2 Å². The molecule has 0 spiro atoms. The Morgan fingerprint density at radius 2 is 2.17 bits per heavy atom. The molecule has 0 aromatic heterocycles. The Morgan fingerprint density at radius 1 is 1.33 bits per heavy atom. The molecule has 128 valence electrons. The molecule has 1 fully saturated rings. The van der Waals surface area contributed by atoms with Crippen LogP contribution >= 0.6 is 0 Å². The van der Waals surface area contributed by atoms with Gasteiger partial charge in [-0.15, -0.1) is 0 Å². The summed E-state index contributed by atoms with van der Waals surface area (Å²) in [5.41, 5.74) is 2.35. The number of anilines is 1. The first-order chi connectivity index (χ1) is 11.6. The minimum Gasteiger partial charge on any atom is -0.347 e. The minimum absolute atomic E-state index is 0.0103. The molecule has 3 rings (SSSR count). The second kappa shape index (κ2) is 6.90. The molecule has 2 aliphatic heterocycles. The van der Waals surface area contributed by atoms with Crippen LogP contribution in [0.3, 0.4) is 0 Å². The molecule has 24 heavy (non-hydrogen) atoms. The lowest BCUT2D eigenvalue weighted by Gasteiger charge is -2.19. The van der Waals surface area contributed by atoms with E-state index >= 15 is 0 Å². The van der Waals surface area contributed by atoms with Gasteiger partial charge < -0.3 is 20.9 Å². The van der Waals surface area contributed by atoms with E-state index in [1.165, 1.54) is 0 Å². The lowest BCUT2D eigenvalue weighted by Crippen LogP contribution is -2.42. The van der Waals surface area contributed by atoms with Gasteiger partial charge in [-0.25, -0.2) is 4.79 Å². The number of amides is 4. The molecule has 4 amide bonds. The maximum atomic E-state index is 12.4. The van der Waals surface area contributed by atoms with E-state index in [0.29, 0.717) is 38.0 Å². The lowest BCUT2D eigenvalue weighted by atomic mass is 10.00. The second-order valence-electron chi connectivity index (χ2n) is 6.16. The van der Waals surface area contributed by atoms with Crippen molar-refractivity contribution in [1.82, 2.24) is 15.5 Å². The van der Waals surface area contributed by atoms with Crippen molar-refractivity contribution in [3.8, 4) is 0 Å². The van der Waals surface area contributed by atoms with Crippen LogP contribution in [0, 0.1) is 0 Å². The van der Waals surface area contributed by atoms with Gasteiger partial charge in [-0.3, -0.25) is 9.59 Å². The van der Waals surface area contributed by atoms with E-state index in [2.05, 4.69) is 16.0 Å². The summed E-state index contributed by atoms with van der Waals surface area (Å²) in [6.45, 7) is 3.65. The molecular weight excluding hydrogens is 308 g/mol. The predicted octanol–water partition coefficient (Wildman–Crippen LogP) is 1.10. The van der Waals surface area contributed by atoms with Gasteiger partial charge in [0, 0.05) is 43.3 Å². The van der Waals surface area contributed by atoms with Crippen molar-refractivity contribution in [3.63, 3.8) is 0 Å². The number of nitrogens with zero attached hydrogens (tertiary/aromatic N) is 1. The second-order valence-corrected chi connectivity index (χ2v) is 6.16. The minimum atomic E-state index is -0.141. The largest absolute Gasteiger partial charge is 0.347 e. The number of rotatable bonds is 3. The zero-order chi connectivity index (χ0) is 17.1. The predicted molar refractivity (Wildman–Crippen MR) is 89.9 cm³/mol. The number of carbonyl (C=O) groups is 3. The Labute approximate surface area is 140 Å². The van der Waals surface area contributed by atoms with Crippen molar-refractivity contribution < 1.29 is 14.4 Å². The average molecular weight is 330 g/mol. The first-order valence-corrected chi connectivity index (χ1v) is 8.33. The van der Waals surface area contributed by atoms with E-state index in [1.807, 2.05) is 13.0 Å². The molecule has 3 N–H and O–H groups in total. The molecule has 0 aliphatic carbocycles. The third-order valence-electron chi connectivity index (χ3n) is 4.40. The van der Waals surface area contributed by atoms with E-state index in [-0.39, 0.29) is 23.9 Å². The number of hydrogen-bond acceptors (Lipinski definition) is 3. The van der Waals surface area contributed by atoms with Gasteiger partial charge >= 0.3 is 6.03 Å². The molecule has 0 saturated carbocycles. The molecule has 7 nitrogen and oxygen atoms in total. The summed E-state index contributed by atoms with van der Waals surface area (Å²) in [5, 5.41) is 8.57. The van der Waals surface area contributed by atoms with Crippen LogP contribution in [0.1, 0.15) is 35.7 Å². The number of nitrogens with one attached hydrogen (secondary N) is 3. The van der Waals surface area contributed by atoms with Crippen LogP contribution < -0.4 is 16.0 Å². The molecule has 1 aromatic rings. The molecule has 1 atom stereocenters. The van der Waals surface area contributed by atoms with Gasteiger partial charge in [0.1, 0.15) is 0 Å². The summed E-state index contributed by atoms with van der Waals surface area (Å²) < 4.78 is 0. The van der Waals surface area contributed by atoms with Crippen LogP contribution in [0.25, 0.3) is 0 Å². The highest BCUT2D eigenvalue weighted by molar-refractivity contribution is 5.98. The molecule has 1 saturated heterocycles. The van der Waals surface area contributed by atoms with Gasteiger partial charge in [0.15, 0.2) is 0 Å². The van der Waals surface area contributed by atoms with E-state index in [9.17, 15) is 14.4 Å². The summed E-state index contributed by atoms with van der Waals surface area (Å²) in [5.74, 6) is -0.131. The molecule has 0 radical (unpaired) electrons. The van der Waals surface area contributed by atoms with E-state index in [1.54, 1.807) is 17.0 Å². The van der Waals surface area contributed by atoms with E-state index < -0.39 is 0 Å². The smallest absolute Gasteiger partial charge is 0.317 e. The zero-order valence-electron chi connectivity index (χ0n) is 13.7. The van der Waals surface area contributed by atoms with E-state index in [4.69, 9.17) is 0 Å². The van der Waals surface area contributed by atoms with Crippen molar-refractivity contribution in [2.75, 3.05) is 25.0 Å². The summed E-state index contributed by atoms with van der Waals surface area (Å²) in [4.78, 5) is 37.3. The highest BCUT2D eigenvalue weighted by atomic mass is 16.2. The number of fused-ring (bicyclic) bond motifs is 1. The fraction of sp³-hybridized carbons (Fsp3) is 0.471. The number of urea groups is 1. The fourth-order valence-electron chi connectivity index (χ4n) is 3.12. The standard InChI is InChI=1S/C17H22N4O3/c1-2-18-17(24)21-8-7-13(10-21)19-16(23)12-3-5-14-11(9-12)4-6-15(22)20-14/h3,5,9,13H,2,4,6-8,10H2,1H3,(H,18,24)(H,19,23)(H,20,22). The number of carbonyl (C=O) groups excluding carboxylic acids is 3. The van der Waals surface area contributed by atoms with Gasteiger partial charge in [-0.1, -0.05) is 0 Å². The topological polar surface area (TPSA) is 90.5 Å². The molecule has 1 unspecified atom stereocenters. The molecule has 0 bridgehead atoms. The van der Waals surface area contributed by atoms with Gasteiger partial charge in [0.25, 0.3) is 5.91 Å². The van der Waals surface area contributed by atoms with Crippen molar-refractivity contribution >= 4 is 23.5 Å². The monoisotopic (exact) mass is 330 g/mol. The average Bonchev–Trinajstić information content (AvgIpc) is 3.03.